The molecule has 140 valence electrons. The van der Waals surface area contributed by atoms with Crippen LogP contribution in [0.2, 0.25) is 0 Å². The summed E-state index contributed by atoms with van der Waals surface area (Å²) in [5, 5.41) is 11.9. The summed E-state index contributed by atoms with van der Waals surface area (Å²) in [5.74, 6) is 0.417. The van der Waals surface area contributed by atoms with Crippen molar-refractivity contribution in [1.29, 1.82) is 5.26 Å². The molecule has 0 unspecified atom stereocenters. The second kappa shape index (κ2) is 8.41. The molecule has 0 aliphatic heterocycles. The molecule has 0 aliphatic carbocycles. The molecule has 0 bridgehead atoms. The minimum absolute atomic E-state index is 0.274. The number of fused-ring (bicyclic) bond motifs is 1. The first kappa shape index (κ1) is 18.5. The van der Waals surface area contributed by atoms with Crippen molar-refractivity contribution in [1.82, 2.24) is 0 Å². The zero-order valence-electron chi connectivity index (χ0n) is 15.7. The van der Waals surface area contributed by atoms with Crippen molar-refractivity contribution in [2.45, 2.75) is 6.61 Å². The van der Waals surface area contributed by atoms with Crippen LogP contribution in [0.1, 0.15) is 16.7 Å². The molecule has 0 atom stereocenters. The van der Waals surface area contributed by atoms with Crippen LogP contribution in [0.3, 0.4) is 0 Å². The van der Waals surface area contributed by atoms with Gasteiger partial charge < -0.3 is 4.74 Å². The highest BCUT2D eigenvalue weighted by Gasteiger charge is 2.04. The zero-order valence-corrected chi connectivity index (χ0v) is 15.7. The number of rotatable bonds is 5. The first-order valence-electron chi connectivity index (χ1n) is 9.29. The van der Waals surface area contributed by atoms with Crippen molar-refractivity contribution >= 4 is 22.4 Å². The molecule has 3 heteroatoms. The smallest absolute Gasteiger partial charge is 0.123 e. The van der Waals surface area contributed by atoms with Crippen LogP contribution in [0.4, 0.5) is 4.39 Å². The molecule has 4 aromatic rings. The van der Waals surface area contributed by atoms with Crippen LogP contribution >= 0.6 is 0 Å². The molecule has 4 rings (SSSR count). The molecule has 29 heavy (non-hydrogen) atoms. The van der Waals surface area contributed by atoms with Crippen LogP contribution in [0.5, 0.6) is 5.75 Å². The predicted octanol–water partition coefficient (Wildman–Crippen LogP) is 6.62. The number of benzene rings is 4. The SMILES string of the molecule is N#C/C(=C/c1ccc(OCc2cccc(F)c2)cc1)c1ccc2ccccc2c1. The lowest BCUT2D eigenvalue weighted by Gasteiger charge is -2.07. The molecule has 0 spiro atoms. The number of hydrogen-bond acceptors (Lipinski definition) is 2. The third-order valence-corrected chi connectivity index (χ3v) is 4.67. The normalized spacial score (nSPS) is 11.2. The Labute approximate surface area is 169 Å². The maximum absolute atomic E-state index is 13.2. The number of halogens is 1. The molecule has 0 heterocycles. The summed E-state index contributed by atoms with van der Waals surface area (Å²) in [7, 11) is 0. The van der Waals surface area contributed by atoms with Crippen molar-refractivity contribution in [3.05, 3.63) is 114 Å². The highest BCUT2D eigenvalue weighted by atomic mass is 19.1. The molecule has 0 fully saturated rings. The summed E-state index contributed by atoms with van der Waals surface area (Å²) < 4.78 is 19.0. The van der Waals surface area contributed by atoms with Gasteiger partial charge in [-0.05, 0) is 63.9 Å². The molecule has 0 N–H and O–H groups in total. The number of ether oxygens (including phenoxy) is 1. The molecule has 0 saturated carbocycles. The number of nitriles is 1. The van der Waals surface area contributed by atoms with Gasteiger partial charge in [-0.25, -0.2) is 4.39 Å². The Morgan fingerprint density at radius 3 is 2.41 bits per heavy atom. The molecule has 2 nitrogen and oxygen atoms in total. The van der Waals surface area contributed by atoms with E-state index in [0.29, 0.717) is 17.9 Å². The van der Waals surface area contributed by atoms with Crippen LogP contribution in [0.15, 0.2) is 91.0 Å². The van der Waals surface area contributed by atoms with Crippen molar-refractivity contribution in [3.63, 3.8) is 0 Å². The summed E-state index contributed by atoms with van der Waals surface area (Å²) in [6, 6.07) is 30.3. The fraction of sp³-hybridized carbons (Fsp3) is 0.0385. The standard InChI is InChI=1S/C26H18FNO/c27-25-7-3-4-20(15-25)18-29-26-12-8-19(9-13-26)14-24(17-28)23-11-10-21-5-1-2-6-22(21)16-23/h1-16H,18H2/b24-14-. The number of allylic oxidation sites excluding steroid dienone is 1. The summed E-state index contributed by atoms with van der Waals surface area (Å²) in [6.07, 6.45) is 1.86. The second-order valence-corrected chi connectivity index (χ2v) is 6.72. The van der Waals surface area contributed by atoms with Crippen molar-refractivity contribution in [3.8, 4) is 11.8 Å². The molecule has 0 aromatic heterocycles. The van der Waals surface area contributed by atoms with Crippen LogP contribution in [-0.4, -0.2) is 0 Å². The van der Waals surface area contributed by atoms with Gasteiger partial charge in [-0.2, -0.15) is 5.26 Å². The van der Waals surface area contributed by atoms with E-state index in [2.05, 4.69) is 12.1 Å². The maximum Gasteiger partial charge on any atom is 0.123 e. The average Bonchev–Trinajstić information content (AvgIpc) is 2.76. The summed E-state index contributed by atoms with van der Waals surface area (Å²) in [4.78, 5) is 0. The lowest BCUT2D eigenvalue weighted by atomic mass is 10.0. The van der Waals surface area contributed by atoms with Gasteiger partial charge in [-0.1, -0.05) is 60.7 Å². The zero-order chi connectivity index (χ0) is 20.1. The molecule has 0 aliphatic rings. The summed E-state index contributed by atoms with van der Waals surface area (Å²) >= 11 is 0. The fourth-order valence-corrected chi connectivity index (χ4v) is 3.16. The van der Waals surface area contributed by atoms with Gasteiger partial charge >= 0.3 is 0 Å². The largest absolute Gasteiger partial charge is 0.489 e. The average molecular weight is 379 g/mol. The summed E-state index contributed by atoms with van der Waals surface area (Å²) in [6.45, 7) is 0.299. The third kappa shape index (κ3) is 4.51. The highest BCUT2D eigenvalue weighted by Crippen LogP contribution is 2.24. The van der Waals surface area contributed by atoms with Gasteiger partial charge in [-0.3, -0.25) is 0 Å². The minimum atomic E-state index is -0.274. The van der Waals surface area contributed by atoms with E-state index in [1.807, 2.05) is 72.8 Å². The molecular formula is C26H18FNO. The fourth-order valence-electron chi connectivity index (χ4n) is 3.16. The quantitative estimate of drug-likeness (QED) is 0.288. The number of nitrogens with zero attached hydrogens (tertiary/aromatic N) is 1. The van der Waals surface area contributed by atoms with E-state index in [1.54, 1.807) is 6.07 Å². The van der Waals surface area contributed by atoms with E-state index >= 15 is 0 Å². The Balaban J connectivity index is 1.51. The highest BCUT2D eigenvalue weighted by molar-refractivity contribution is 5.94. The topological polar surface area (TPSA) is 33.0 Å². The van der Waals surface area contributed by atoms with Gasteiger partial charge in [0.25, 0.3) is 0 Å². The van der Waals surface area contributed by atoms with E-state index in [9.17, 15) is 9.65 Å². The van der Waals surface area contributed by atoms with Crippen LogP contribution in [0, 0.1) is 17.1 Å². The van der Waals surface area contributed by atoms with Gasteiger partial charge in [0.15, 0.2) is 0 Å². The molecule has 0 amide bonds. The van der Waals surface area contributed by atoms with Crippen molar-refractivity contribution in [2.75, 3.05) is 0 Å². The van der Waals surface area contributed by atoms with Gasteiger partial charge in [0.05, 0.1) is 11.6 Å². The minimum Gasteiger partial charge on any atom is -0.489 e. The molecule has 0 saturated heterocycles. The van der Waals surface area contributed by atoms with E-state index in [-0.39, 0.29) is 5.82 Å². The van der Waals surface area contributed by atoms with Crippen molar-refractivity contribution < 1.29 is 9.13 Å². The number of hydrogen-bond donors (Lipinski definition) is 0. The Morgan fingerprint density at radius 2 is 1.66 bits per heavy atom. The second-order valence-electron chi connectivity index (χ2n) is 6.72. The van der Waals surface area contributed by atoms with Crippen molar-refractivity contribution in [2.24, 2.45) is 0 Å². The lowest BCUT2D eigenvalue weighted by Crippen LogP contribution is -1.95. The Hall–Kier alpha value is -3.90. The van der Waals surface area contributed by atoms with Gasteiger partial charge in [0, 0.05) is 0 Å². The third-order valence-electron chi connectivity index (χ3n) is 4.67. The van der Waals surface area contributed by atoms with E-state index in [4.69, 9.17) is 4.74 Å². The van der Waals surface area contributed by atoms with Crippen LogP contribution in [0.25, 0.3) is 22.4 Å². The monoisotopic (exact) mass is 379 g/mol. The molecule has 4 aromatic carbocycles. The van der Waals surface area contributed by atoms with Gasteiger partial charge in [-0.15, -0.1) is 0 Å². The van der Waals surface area contributed by atoms with E-state index in [1.165, 1.54) is 12.1 Å². The Kier molecular flexibility index (Phi) is 5.36. The predicted molar refractivity (Wildman–Crippen MR) is 115 cm³/mol. The first-order chi connectivity index (χ1) is 14.2. The Bertz CT molecular complexity index is 1220. The van der Waals surface area contributed by atoms with Gasteiger partial charge in [0.1, 0.15) is 18.2 Å². The Morgan fingerprint density at radius 1 is 0.862 bits per heavy atom. The van der Waals surface area contributed by atoms with E-state index < -0.39 is 0 Å². The van der Waals surface area contributed by atoms with Crippen LogP contribution < -0.4 is 4.74 Å². The molecular weight excluding hydrogens is 361 g/mol. The molecule has 0 radical (unpaired) electrons. The lowest BCUT2D eigenvalue weighted by molar-refractivity contribution is 0.305. The van der Waals surface area contributed by atoms with Gasteiger partial charge in [0.2, 0.25) is 0 Å². The van der Waals surface area contributed by atoms with Crippen LogP contribution in [-0.2, 0) is 6.61 Å². The first-order valence-corrected chi connectivity index (χ1v) is 9.29. The maximum atomic E-state index is 13.2. The summed E-state index contributed by atoms with van der Waals surface area (Å²) in [5.41, 5.74) is 3.17. The van der Waals surface area contributed by atoms with E-state index in [0.717, 1.165) is 27.5 Å².